The molecule has 1 saturated carbocycles. The van der Waals surface area contributed by atoms with Crippen LogP contribution in [0.25, 0.3) is 0 Å². The third-order valence-corrected chi connectivity index (χ3v) is 4.85. The molecule has 1 aromatic carbocycles. The highest BCUT2D eigenvalue weighted by molar-refractivity contribution is 5.83. The third kappa shape index (κ3) is 1.57. The van der Waals surface area contributed by atoms with Crippen LogP contribution in [-0.2, 0) is 19.7 Å². The minimum atomic E-state index is -0.349. The minimum Gasteiger partial charge on any atom is -0.469 e. The zero-order valence-corrected chi connectivity index (χ0v) is 11.8. The van der Waals surface area contributed by atoms with E-state index in [2.05, 4.69) is 32.0 Å². The average molecular weight is 260 g/mol. The average Bonchev–Trinajstić information content (AvgIpc) is 3.13. The number of esters is 1. The quantitative estimate of drug-likeness (QED) is 0.783. The van der Waals surface area contributed by atoms with Crippen LogP contribution >= 0.6 is 0 Å². The SMILES string of the molecule is COC(=O)C1(C2(c3cc(C)ccc3C)COC2)CC1. The fourth-order valence-corrected chi connectivity index (χ4v) is 3.45. The fraction of sp³-hybridized carbons (Fsp3) is 0.562. The summed E-state index contributed by atoms with van der Waals surface area (Å²) < 4.78 is 10.6. The Bertz CT molecular complexity index is 525. The topological polar surface area (TPSA) is 35.5 Å². The van der Waals surface area contributed by atoms with Crippen LogP contribution in [0.3, 0.4) is 0 Å². The lowest BCUT2D eigenvalue weighted by Gasteiger charge is -2.47. The maximum Gasteiger partial charge on any atom is 0.312 e. The molecule has 0 unspecified atom stereocenters. The third-order valence-electron chi connectivity index (χ3n) is 4.85. The number of methoxy groups -OCH3 is 1. The van der Waals surface area contributed by atoms with E-state index in [0.717, 1.165) is 12.8 Å². The molecule has 0 bridgehead atoms. The van der Waals surface area contributed by atoms with Gasteiger partial charge in [0.05, 0.1) is 31.2 Å². The first-order valence-corrected chi connectivity index (χ1v) is 6.80. The van der Waals surface area contributed by atoms with Crippen molar-refractivity contribution < 1.29 is 14.3 Å². The molecule has 0 aromatic heterocycles. The van der Waals surface area contributed by atoms with Gasteiger partial charge in [-0.3, -0.25) is 4.79 Å². The second-order valence-electron chi connectivity index (χ2n) is 5.97. The zero-order chi connectivity index (χ0) is 13.7. The van der Waals surface area contributed by atoms with E-state index >= 15 is 0 Å². The lowest BCUT2D eigenvalue weighted by atomic mass is 9.64. The van der Waals surface area contributed by atoms with E-state index in [0.29, 0.717) is 13.2 Å². The van der Waals surface area contributed by atoms with Crippen molar-refractivity contribution >= 4 is 5.97 Å². The Morgan fingerprint density at radius 2 is 1.95 bits per heavy atom. The molecule has 3 heteroatoms. The van der Waals surface area contributed by atoms with E-state index in [-0.39, 0.29) is 16.8 Å². The molecule has 0 amide bonds. The molecule has 1 saturated heterocycles. The van der Waals surface area contributed by atoms with Gasteiger partial charge < -0.3 is 9.47 Å². The molecule has 1 aliphatic carbocycles. The summed E-state index contributed by atoms with van der Waals surface area (Å²) in [6, 6.07) is 6.46. The number of ether oxygens (including phenoxy) is 2. The lowest BCUT2D eigenvalue weighted by Crippen LogP contribution is -2.57. The summed E-state index contributed by atoms with van der Waals surface area (Å²) >= 11 is 0. The van der Waals surface area contributed by atoms with Gasteiger partial charge >= 0.3 is 5.97 Å². The van der Waals surface area contributed by atoms with Crippen LogP contribution < -0.4 is 0 Å². The van der Waals surface area contributed by atoms with Crippen molar-refractivity contribution in [1.82, 2.24) is 0 Å². The van der Waals surface area contributed by atoms with Gasteiger partial charge in [-0.25, -0.2) is 0 Å². The van der Waals surface area contributed by atoms with Crippen LogP contribution in [-0.4, -0.2) is 26.3 Å². The molecule has 2 fully saturated rings. The van der Waals surface area contributed by atoms with E-state index in [1.165, 1.54) is 23.8 Å². The molecule has 19 heavy (non-hydrogen) atoms. The van der Waals surface area contributed by atoms with Gasteiger partial charge in [0.25, 0.3) is 0 Å². The summed E-state index contributed by atoms with van der Waals surface area (Å²) in [4.78, 5) is 12.2. The molecule has 0 spiro atoms. The molecule has 1 heterocycles. The Hall–Kier alpha value is -1.35. The van der Waals surface area contributed by atoms with Gasteiger partial charge in [-0.1, -0.05) is 23.8 Å². The number of carbonyl (C=O) groups excluding carboxylic acids is 1. The smallest absolute Gasteiger partial charge is 0.312 e. The summed E-state index contributed by atoms with van der Waals surface area (Å²) in [6.45, 7) is 5.47. The molecule has 0 N–H and O–H groups in total. The number of rotatable bonds is 3. The molecule has 102 valence electrons. The summed E-state index contributed by atoms with van der Waals surface area (Å²) in [5.41, 5.74) is 3.22. The van der Waals surface area contributed by atoms with E-state index < -0.39 is 0 Å². The Kier molecular flexibility index (Phi) is 2.72. The predicted molar refractivity (Wildman–Crippen MR) is 72.1 cm³/mol. The molecule has 1 aromatic rings. The first-order valence-electron chi connectivity index (χ1n) is 6.80. The molecule has 3 rings (SSSR count). The van der Waals surface area contributed by atoms with Gasteiger partial charge in [0.1, 0.15) is 0 Å². The van der Waals surface area contributed by atoms with Crippen LogP contribution in [0, 0.1) is 19.3 Å². The predicted octanol–water partition coefficient (Wildman–Crippen LogP) is 2.52. The number of hydrogen-bond acceptors (Lipinski definition) is 3. The lowest BCUT2D eigenvalue weighted by molar-refractivity contribution is -0.164. The van der Waals surface area contributed by atoms with Gasteiger partial charge in [0.15, 0.2) is 0 Å². The maximum absolute atomic E-state index is 12.2. The Labute approximate surface area is 113 Å². The fourth-order valence-electron chi connectivity index (χ4n) is 3.45. The number of benzene rings is 1. The summed E-state index contributed by atoms with van der Waals surface area (Å²) in [5.74, 6) is -0.0725. The molecule has 0 atom stereocenters. The molecule has 3 nitrogen and oxygen atoms in total. The van der Waals surface area contributed by atoms with E-state index in [9.17, 15) is 4.79 Å². The van der Waals surface area contributed by atoms with Crippen molar-refractivity contribution in [3.63, 3.8) is 0 Å². The zero-order valence-electron chi connectivity index (χ0n) is 11.8. The monoisotopic (exact) mass is 260 g/mol. The Balaban J connectivity index is 2.09. The van der Waals surface area contributed by atoms with E-state index in [1.54, 1.807) is 0 Å². The normalized spacial score (nSPS) is 22.5. The van der Waals surface area contributed by atoms with Crippen molar-refractivity contribution in [2.45, 2.75) is 32.1 Å². The molecule has 1 aliphatic heterocycles. The van der Waals surface area contributed by atoms with E-state index in [4.69, 9.17) is 9.47 Å². The highest BCUT2D eigenvalue weighted by atomic mass is 16.5. The molecular weight excluding hydrogens is 240 g/mol. The van der Waals surface area contributed by atoms with Crippen LogP contribution in [0.15, 0.2) is 18.2 Å². The Morgan fingerprint density at radius 1 is 1.26 bits per heavy atom. The second-order valence-corrected chi connectivity index (χ2v) is 5.97. The summed E-state index contributed by atoms with van der Waals surface area (Å²) in [7, 11) is 1.48. The highest BCUT2D eigenvalue weighted by Gasteiger charge is 2.69. The summed E-state index contributed by atoms with van der Waals surface area (Å²) in [6.07, 6.45) is 1.83. The number of carbonyl (C=O) groups is 1. The van der Waals surface area contributed by atoms with Gasteiger partial charge in [-0.2, -0.15) is 0 Å². The Morgan fingerprint density at radius 3 is 2.42 bits per heavy atom. The first-order chi connectivity index (χ1) is 9.06. The molecule has 2 aliphatic rings. The molecule has 0 radical (unpaired) electrons. The van der Waals surface area contributed by atoms with Crippen molar-refractivity contribution in [3.8, 4) is 0 Å². The van der Waals surface area contributed by atoms with Crippen molar-refractivity contribution in [3.05, 3.63) is 34.9 Å². The standard InChI is InChI=1S/C16H20O3/c1-11-4-5-12(2)13(8-11)16(9-19-10-16)15(6-7-15)14(17)18-3/h4-5,8H,6-7,9-10H2,1-3H3. The molecular formula is C16H20O3. The van der Waals surface area contributed by atoms with Crippen LogP contribution in [0.4, 0.5) is 0 Å². The second kappa shape index (κ2) is 4.07. The van der Waals surface area contributed by atoms with Crippen LogP contribution in [0.2, 0.25) is 0 Å². The van der Waals surface area contributed by atoms with Crippen molar-refractivity contribution in [2.24, 2.45) is 5.41 Å². The van der Waals surface area contributed by atoms with E-state index in [1.807, 2.05) is 0 Å². The number of hydrogen-bond donors (Lipinski definition) is 0. The highest BCUT2D eigenvalue weighted by Crippen LogP contribution is 2.63. The van der Waals surface area contributed by atoms with Crippen LogP contribution in [0.1, 0.15) is 29.5 Å². The summed E-state index contributed by atoms with van der Waals surface area (Å²) in [5, 5.41) is 0. The maximum atomic E-state index is 12.2. The van der Waals surface area contributed by atoms with Crippen molar-refractivity contribution in [1.29, 1.82) is 0 Å². The first kappa shape index (κ1) is 12.7. The van der Waals surface area contributed by atoms with Crippen LogP contribution in [0.5, 0.6) is 0 Å². The minimum absolute atomic E-state index is 0.0725. The van der Waals surface area contributed by atoms with Gasteiger partial charge in [0.2, 0.25) is 0 Å². The number of aryl methyl sites for hydroxylation is 2. The van der Waals surface area contributed by atoms with Crippen molar-refractivity contribution in [2.75, 3.05) is 20.3 Å². The largest absolute Gasteiger partial charge is 0.469 e. The van der Waals surface area contributed by atoms with Gasteiger partial charge in [-0.05, 0) is 37.8 Å². The van der Waals surface area contributed by atoms with Gasteiger partial charge in [0, 0.05) is 0 Å². The van der Waals surface area contributed by atoms with Gasteiger partial charge in [-0.15, -0.1) is 0 Å².